The van der Waals surface area contributed by atoms with E-state index in [0.29, 0.717) is 0 Å². The van der Waals surface area contributed by atoms with Crippen molar-refractivity contribution < 1.29 is 5.11 Å². The van der Waals surface area contributed by atoms with Crippen molar-refractivity contribution >= 4 is 0 Å². The van der Waals surface area contributed by atoms with E-state index in [1.807, 2.05) is 26.1 Å². The summed E-state index contributed by atoms with van der Waals surface area (Å²) in [6.45, 7) is 6.46. The molecule has 1 saturated carbocycles. The van der Waals surface area contributed by atoms with Crippen LogP contribution in [0.25, 0.3) is 0 Å². The molecule has 1 saturated heterocycles. The van der Waals surface area contributed by atoms with Crippen LogP contribution in [0.5, 0.6) is 0 Å². The molecule has 0 bridgehead atoms. The molecule has 0 radical (unpaired) electrons. The molecule has 2 aliphatic rings. The third-order valence-corrected chi connectivity index (χ3v) is 3.47. The Balaban J connectivity index is 0.000000574. The summed E-state index contributed by atoms with van der Waals surface area (Å²) in [5.41, 5.74) is 8.24. The number of likely N-dealkylation sites (tertiary alicyclic amines) is 1. The lowest BCUT2D eigenvalue weighted by atomic mass is 10.1. The molecule has 0 aromatic carbocycles. The molecule has 0 spiro atoms. The second kappa shape index (κ2) is 5.34. The first-order chi connectivity index (χ1) is 8.66. The molecule has 1 aliphatic heterocycles. The number of aliphatic hydroxyl groups is 1. The first-order valence-corrected chi connectivity index (χ1v) is 6.80. The highest BCUT2D eigenvalue weighted by molar-refractivity contribution is 5.26. The van der Waals surface area contributed by atoms with Crippen LogP contribution < -0.4 is 5.73 Å². The number of rotatable bonds is 3. The highest BCUT2D eigenvalue weighted by Crippen LogP contribution is 2.41. The molecule has 18 heavy (non-hydrogen) atoms. The van der Waals surface area contributed by atoms with Gasteiger partial charge in [-0.1, -0.05) is 13.8 Å². The van der Waals surface area contributed by atoms with E-state index >= 15 is 0 Å². The van der Waals surface area contributed by atoms with Crippen LogP contribution in [0.3, 0.4) is 0 Å². The van der Waals surface area contributed by atoms with E-state index in [9.17, 15) is 5.11 Å². The Kier molecular flexibility index (Phi) is 4.00. The van der Waals surface area contributed by atoms with Gasteiger partial charge in [0.05, 0.1) is 17.3 Å². The van der Waals surface area contributed by atoms with Crippen LogP contribution in [0.4, 0.5) is 0 Å². The number of nitrogens with two attached hydrogens (primary N) is 1. The lowest BCUT2D eigenvalue weighted by Crippen LogP contribution is -2.49. The zero-order valence-corrected chi connectivity index (χ0v) is 11.3. The van der Waals surface area contributed by atoms with Gasteiger partial charge >= 0.3 is 0 Å². The van der Waals surface area contributed by atoms with Gasteiger partial charge in [-0.15, -0.1) is 0 Å². The van der Waals surface area contributed by atoms with Gasteiger partial charge < -0.3 is 10.8 Å². The Labute approximate surface area is 109 Å². The number of pyridine rings is 1. The summed E-state index contributed by atoms with van der Waals surface area (Å²) in [5.74, 6) is 0. The quantitative estimate of drug-likeness (QED) is 0.846. The lowest BCUT2D eigenvalue weighted by molar-refractivity contribution is -0.00289. The molecule has 100 valence electrons. The third kappa shape index (κ3) is 2.88. The van der Waals surface area contributed by atoms with Gasteiger partial charge in [-0.3, -0.25) is 9.88 Å². The first-order valence-electron chi connectivity index (χ1n) is 6.80. The molecule has 1 aromatic rings. The van der Waals surface area contributed by atoms with Gasteiger partial charge in [-0.25, -0.2) is 0 Å². The van der Waals surface area contributed by atoms with Crippen molar-refractivity contribution in [3.05, 3.63) is 29.6 Å². The monoisotopic (exact) mass is 249 g/mol. The van der Waals surface area contributed by atoms with E-state index in [1.54, 1.807) is 0 Å². The zero-order valence-electron chi connectivity index (χ0n) is 11.3. The molecule has 4 heteroatoms. The molecule has 2 fully saturated rings. The van der Waals surface area contributed by atoms with Crippen LogP contribution >= 0.6 is 0 Å². The van der Waals surface area contributed by atoms with Crippen molar-refractivity contribution in [2.45, 2.75) is 44.9 Å². The highest BCUT2D eigenvalue weighted by atomic mass is 16.3. The number of β-amino-alcohol motifs (C(OH)–C–C–N with tert-alkyl or cyclic N) is 1. The largest absolute Gasteiger partial charge is 0.390 e. The van der Waals surface area contributed by atoms with E-state index in [2.05, 4.69) is 16.0 Å². The Morgan fingerprint density at radius 3 is 2.67 bits per heavy atom. The molecular weight excluding hydrogens is 226 g/mol. The first kappa shape index (κ1) is 13.5. The van der Waals surface area contributed by atoms with Crippen LogP contribution in [-0.4, -0.2) is 34.2 Å². The minimum atomic E-state index is -0.148. The van der Waals surface area contributed by atoms with Crippen LogP contribution in [0, 0.1) is 0 Å². The topological polar surface area (TPSA) is 62.4 Å². The SMILES string of the molecule is CC.NC1(c2cc(CN3CC(O)C3)ccn2)CC1. The maximum absolute atomic E-state index is 9.22. The fourth-order valence-electron chi connectivity index (χ4n) is 2.17. The van der Waals surface area contributed by atoms with Gasteiger partial charge in [0, 0.05) is 25.8 Å². The normalized spacial score (nSPS) is 21.8. The highest BCUT2D eigenvalue weighted by Gasteiger charge is 2.41. The predicted molar refractivity (Wildman–Crippen MR) is 72.0 cm³/mol. The average Bonchev–Trinajstić information content (AvgIpc) is 3.10. The minimum absolute atomic E-state index is 0.134. The van der Waals surface area contributed by atoms with Gasteiger partial charge in [0.15, 0.2) is 0 Å². The second-order valence-electron chi connectivity index (χ2n) is 5.05. The molecule has 0 atom stereocenters. The van der Waals surface area contributed by atoms with Gasteiger partial charge in [0.2, 0.25) is 0 Å². The number of aromatic nitrogens is 1. The maximum atomic E-state index is 9.22. The Morgan fingerprint density at radius 2 is 2.11 bits per heavy atom. The smallest absolute Gasteiger partial charge is 0.0794 e. The third-order valence-electron chi connectivity index (χ3n) is 3.47. The summed E-state index contributed by atoms with van der Waals surface area (Å²) in [6.07, 6.45) is 3.80. The Morgan fingerprint density at radius 1 is 1.44 bits per heavy atom. The van der Waals surface area contributed by atoms with Crippen molar-refractivity contribution in [1.29, 1.82) is 0 Å². The molecule has 1 aliphatic carbocycles. The minimum Gasteiger partial charge on any atom is -0.390 e. The Hall–Kier alpha value is -0.970. The number of hydrogen-bond donors (Lipinski definition) is 2. The zero-order chi connectivity index (χ0) is 13.2. The van der Waals surface area contributed by atoms with E-state index < -0.39 is 0 Å². The number of nitrogens with zero attached hydrogens (tertiary/aromatic N) is 2. The second-order valence-corrected chi connectivity index (χ2v) is 5.05. The Bertz CT molecular complexity index is 398. The summed E-state index contributed by atoms with van der Waals surface area (Å²) < 4.78 is 0. The summed E-state index contributed by atoms with van der Waals surface area (Å²) >= 11 is 0. The summed E-state index contributed by atoms with van der Waals surface area (Å²) in [6, 6.07) is 4.14. The van der Waals surface area contributed by atoms with Crippen molar-refractivity contribution in [2.24, 2.45) is 5.73 Å². The molecule has 1 aromatic heterocycles. The maximum Gasteiger partial charge on any atom is 0.0794 e. The predicted octanol–water partition coefficient (Wildman–Crippen LogP) is 1.23. The standard InChI is InChI=1S/C12H17N3O.C2H6/c13-12(2-3-12)11-5-9(1-4-14-11)6-15-7-10(16)8-15;1-2/h1,4-5,10,16H,2-3,6-8,13H2;1-2H3. The molecular formula is C14H23N3O. The van der Waals surface area contributed by atoms with Crippen molar-refractivity contribution in [2.75, 3.05) is 13.1 Å². The van der Waals surface area contributed by atoms with Crippen molar-refractivity contribution in [3.63, 3.8) is 0 Å². The molecule has 2 heterocycles. The molecule has 3 N–H and O–H groups in total. The lowest BCUT2D eigenvalue weighted by Gasteiger charge is -2.35. The molecule has 3 rings (SSSR count). The average molecular weight is 249 g/mol. The van der Waals surface area contributed by atoms with E-state index in [-0.39, 0.29) is 11.6 Å². The van der Waals surface area contributed by atoms with E-state index in [4.69, 9.17) is 5.73 Å². The van der Waals surface area contributed by atoms with Crippen LogP contribution in [0.1, 0.15) is 37.9 Å². The molecule has 4 nitrogen and oxygen atoms in total. The van der Waals surface area contributed by atoms with Crippen LogP contribution in [0.15, 0.2) is 18.3 Å². The van der Waals surface area contributed by atoms with Gasteiger partial charge in [0.1, 0.15) is 0 Å². The van der Waals surface area contributed by atoms with Gasteiger partial charge in [0.25, 0.3) is 0 Å². The van der Waals surface area contributed by atoms with E-state index in [0.717, 1.165) is 38.2 Å². The van der Waals surface area contributed by atoms with Crippen LogP contribution in [-0.2, 0) is 12.1 Å². The number of aliphatic hydroxyl groups excluding tert-OH is 1. The molecule has 0 unspecified atom stereocenters. The van der Waals surface area contributed by atoms with Crippen molar-refractivity contribution in [1.82, 2.24) is 9.88 Å². The molecule has 0 amide bonds. The fraction of sp³-hybridized carbons (Fsp3) is 0.643. The number of hydrogen-bond acceptors (Lipinski definition) is 4. The summed E-state index contributed by atoms with van der Waals surface area (Å²) in [5, 5.41) is 9.22. The fourth-order valence-corrected chi connectivity index (χ4v) is 2.17. The van der Waals surface area contributed by atoms with Gasteiger partial charge in [-0.05, 0) is 30.5 Å². The van der Waals surface area contributed by atoms with Crippen LogP contribution in [0.2, 0.25) is 0 Å². The van der Waals surface area contributed by atoms with Crippen molar-refractivity contribution in [3.8, 4) is 0 Å². The van der Waals surface area contributed by atoms with E-state index in [1.165, 1.54) is 5.56 Å². The van der Waals surface area contributed by atoms with Gasteiger partial charge in [-0.2, -0.15) is 0 Å². The summed E-state index contributed by atoms with van der Waals surface area (Å²) in [4.78, 5) is 6.57. The summed E-state index contributed by atoms with van der Waals surface area (Å²) in [7, 11) is 0.